The number of para-hydroxylation sites is 1. The normalized spacial score (nSPS) is 10.3. The largest absolute Gasteiger partial charge is 0.365 e. The predicted octanol–water partition coefficient (Wildman–Crippen LogP) is 2.52. The number of benzene rings is 1. The van der Waals surface area contributed by atoms with Crippen molar-refractivity contribution < 1.29 is 9.47 Å². The summed E-state index contributed by atoms with van der Waals surface area (Å²) >= 11 is 5.33. The lowest BCUT2D eigenvalue weighted by atomic mass is 10.2. The van der Waals surface area contributed by atoms with Crippen molar-refractivity contribution in [2.24, 2.45) is 0 Å². The average molecular weight is 280 g/mol. The highest BCUT2D eigenvalue weighted by Crippen LogP contribution is 2.21. The van der Waals surface area contributed by atoms with E-state index in [9.17, 15) is 0 Å². The van der Waals surface area contributed by atoms with E-state index in [2.05, 4.69) is 11.9 Å². The molecule has 0 atom stereocenters. The highest BCUT2D eigenvalue weighted by Gasteiger charge is 2.18. The van der Waals surface area contributed by atoms with Gasteiger partial charge in [-0.25, -0.2) is 0 Å². The van der Waals surface area contributed by atoms with Crippen LogP contribution in [0.25, 0.3) is 0 Å². The molecule has 1 aromatic rings. The number of thiocarbonyl (C=S) groups is 1. The van der Waals surface area contributed by atoms with Gasteiger partial charge < -0.3 is 14.8 Å². The van der Waals surface area contributed by atoms with Crippen LogP contribution in [0.3, 0.4) is 0 Å². The summed E-state index contributed by atoms with van der Waals surface area (Å²) < 4.78 is 10.4. The highest BCUT2D eigenvalue weighted by molar-refractivity contribution is 7.80. The maximum Gasteiger partial charge on any atom is 0.177 e. The van der Waals surface area contributed by atoms with Gasteiger partial charge in [-0.2, -0.15) is 0 Å². The van der Waals surface area contributed by atoms with Crippen molar-refractivity contribution in [3.8, 4) is 0 Å². The quantitative estimate of drug-likeness (QED) is 0.639. The monoisotopic (exact) mass is 280 g/mol. The molecular weight excluding hydrogens is 260 g/mol. The number of methoxy groups -OCH3 is 2. The number of hydrogen-bond donors (Lipinski definition) is 1. The van der Waals surface area contributed by atoms with E-state index in [-0.39, 0.29) is 6.29 Å². The van der Waals surface area contributed by atoms with Gasteiger partial charge in [0.2, 0.25) is 0 Å². The molecule has 0 bridgehead atoms. The molecule has 1 rings (SSSR count). The minimum atomic E-state index is -0.335. The Morgan fingerprint density at radius 1 is 1.32 bits per heavy atom. The standard InChI is InChI=1S/C14H20N2O2S/c1-11(10-13(17-3)18-4)16(14(19)15-2)12-8-6-5-7-9-12/h5-9,13H,1,10H2,2-4H3,(H,15,19). The molecular formula is C14H20N2O2S. The SMILES string of the molecule is C=C(CC(OC)OC)N(C(=S)NC)c1ccccc1. The van der Waals surface area contributed by atoms with Crippen molar-refractivity contribution in [1.29, 1.82) is 0 Å². The Morgan fingerprint density at radius 2 is 1.89 bits per heavy atom. The van der Waals surface area contributed by atoms with Crippen LogP contribution >= 0.6 is 12.2 Å². The maximum atomic E-state index is 5.33. The molecule has 0 saturated carbocycles. The van der Waals surface area contributed by atoms with Crippen LogP contribution in [0.2, 0.25) is 0 Å². The van der Waals surface area contributed by atoms with Gasteiger partial charge in [0.05, 0.1) is 0 Å². The highest BCUT2D eigenvalue weighted by atomic mass is 32.1. The Kier molecular flexibility index (Phi) is 6.49. The second-order valence-corrected chi connectivity index (χ2v) is 4.28. The summed E-state index contributed by atoms with van der Waals surface area (Å²) in [5.74, 6) is 0. The molecule has 104 valence electrons. The molecule has 1 N–H and O–H groups in total. The minimum absolute atomic E-state index is 0.335. The summed E-state index contributed by atoms with van der Waals surface area (Å²) in [6, 6.07) is 9.82. The molecule has 1 aromatic carbocycles. The molecule has 5 heteroatoms. The Hall–Kier alpha value is -1.43. The molecule has 0 aromatic heterocycles. The third kappa shape index (κ3) is 4.31. The van der Waals surface area contributed by atoms with Crippen molar-refractivity contribution in [1.82, 2.24) is 5.32 Å². The van der Waals surface area contributed by atoms with Crippen LogP contribution in [0, 0.1) is 0 Å². The molecule has 0 amide bonds. The molecule has 0 unspecified atom stereocenters. The van der Waals surface area contributed by atoms with E-state index in [1.165, 1.54) is 0 Å². The van der Waals surface area contributed by atoms with E-state index in [4.69, 9.17) is 21.7 Å². The Balaban J connectivity index is 2.92. The van der Waals surface area contributed by atoms with Crippen LogP contribution in [0.1, 0.15) is 6.42 Å². The van der Waals surface area contributed by atoms with E-state index >= 15 is 0 Å². The van der Waals surface area contributed by atoms with Crippen molar-refractivity contribution in [3.63, 3.8) is 0 Å². The summed E-state index contributed by atoms with van der Waals surface area (Å²) in [4.78, 5) is 1.88. The molecule has 0 fully saturated rings. The summed E-state index contributed by atoms with van der Waals surface area (Å²) in [6.07, 6.45) is 0.197. The molecule has 0 aliphatic carbocycles. The molecule has 0 aliphatic heterocycles. The molecule has 0 aliphatic rings. The first kappa shape index (κ1) is 15.6. The van der Waals surface area contributed by atoms with Crippen LogP contribution in [0.4, 0.5) is 5.69 Å². The third-order valence-corrected chi connectivity index (χ3v) is 3.06. The zero-order chi connectivity index (χ0) is 14.3. The first-order valence-corrected chi connectivity index (χ1v) is 6.35. The van der Waals surface area contributed by atoms with Crippen LogP contribution < -0.4 is 10.2 Å². The van der Waals surface area contributed by atoms with E-state index in [1.54, 1.807) is 21.3 Å². The molecule has 0 heterocycles. The number of hydrogen-bond acceptors (Lipinski definition) is 3. The van der Waals surface area contributed by atoms with E-state index in [1.807, 2.05) is 35.2 Å². The number of ether oxygens (including phenoxy) is 2. The van der Waals surface area contributed by atoms with Crippen LogP contribution in [0.5, 0.6) is 0 Å². The van der Waals surface area contributed by atoms with E-state index in [0.717, 1.165) is 11.4 Å². The predicted molar refractivity (Wildman–Crippen MR) is 82.1 cm³/mol. The third-order valence-electron chi connectivity index (χ3n) is 2.68. The van der Waals surface area contributed by atoms with Gasteiger partial charge in [-0.3, -0.25) is 4.90 Å². The zero-order valence-electron chi connectivity index (χ0n) is 11.6. The van der Waals surface area contributed by atoms with E-state index in [0.29, 0.717) is 11.5 Å². The van der Waals surface area contributed by atoms with Crippen molar-refractivity contribution in [2.75, 3.05) is 26.2 Å². The Bertz CT molecular complexity index is 419. The number of nitrogens with one attached hydrogen (secondary N) is 1. The van der Waals surface area contributed by atoms with Gasteiger partial charge in [0.1, 0.15) is 0 Å². The average Bonchev–Trinajstić information content (AvgIpc) is 2.45. The van der Waals surface area contributed by atoms with Crippen molar-refractivity contribution in [2.45, 2.75) is 12.7 Å². The van der Waals surface area contributed by atoms with Gasteiger partial charge in [-0.15, -0.1) is 0 Å². The summed E-state index contributed by atoms with van der Waals surface area (Å²) in [6.45, 7) is 4.07. The van der Waals surface area contributed by atoms with Crippen LogP contribution in [-0.2, 0) is 9.47 Å². The van der Waals surface area contributed by atoms with Gasteiger partial charge in [-0.05, 0) is 24.4 Å². The van der Waals surface area contributed by atoms with Gasteiger partial charge >= 0.3 is 0 Å². The molecule has 0 radical (unpaired) electrons. The molecule has 4 nitrogen and oxygen atoms in total. The minimum Gasteiger partial charge on any atom is -0.365 e. The fraction of sp³-hybridized carbons (Fsp3) is 0.357. The first-order valence-electron chi connectivity index (χ1n) is 5.94. The fourth-order valence-corrected chi connectivity index (χ4v) is 1.91. The lowest BCUT2D eigenvalue weighted by Crippen LogP contribution is -2.38. The topological polar surface area (TPSA) is 33.7 Å². The Morgan fingerprint density at radius 3 is 2.37 bits per heavy atom. The fourth-order valence-electron chi connectivity index (χ4n) is 1.68. The molecule has 19 heavy (non-hydrogen) atoms. The van der Waals surface area contributed by atoms with Crippen LogP contribution in [-0.4, -0.2) is 32.7 Å². The van der Waals surface area contributed by atoms with Crippen LogP contribution in [0.15, 0.2) is 42.6 Å². The maximum absolute atomic E-state index is 5.33. The lowest BCUT2D eigenvalue weighted by molar-refractivity contribution is -0.100. The Labute approximate surface area is 120 Å². The van der Waals surface area contributed by atoms with Gasteiger partial charge in [-0.1, -0.05) is 24.8 Å². The number of nitrogens with zero attached hydrogens (tertiary/aromatic N) is 1. The summed E-state index contributed by atoms with van der Waals surface area (Å²) in [5, 5.41) is 3.55. The van der Waals surface area contributed by atoms with Gasteiger partial charge in [0.15, 0.2) is 11.4 Å². The zero-order valence-corrected chi connectivity index (χ0v) is 12.4. The molecule has 0 saturated heterocycles. The first-order chi connectivity index (χ1) is 9.13. The lowest BCUT2D eigenvalue weighted by Gasteiger charge is -2.28. The summed E-state index contributed by atoms with van der Waals surface area (Å²) in [7, 11) is 4.99. The van der Waals surface area contributed by atoms with Crippen molar-refractivity contribution >= 4 is 23.0 Å². The second-order valence-electron chi connectivity index (χ2n) is 3.90. The second kappa shape index (κ2) is 7.89. The van der Waals surface area contributed by atoms with Crippen molar-refractivity contribution in [3.05, 3.63) is 42.6 Å². The van der Waals surface area contributed by atoms with Gasteiger partial charge in [0.25, 0.3) is 0 Å². The number of anilines is 1. The summed E-state index contributed by atoms with van der Waals surface area (Å²) in [5.41, 5.74) is 1.76. The van der Waals surface area contributed by atoms with E-state index < -0.39 is 0 Å². The smallest absolute Gasteiger partial charge is 0.177 e. The number of rotatable bonds is 6. The van der Waals surface area contributed by atoms with Gasteiger partial charge in [0, 0.05) is 39.1 Å². The molecule has 0 spiro atoms.